The fraction of sp³-hybridized carbons (Fsp3) is 0.737. The summed E-state index contributed by atoms with van der Waals surface area (Å²) in [6, 6.07) is -0.132. The van der Waals surface area contributed by atoms with E-state index >= 15 is 0 Å². The molecule has 3 aliphatic carbocycles. The first-order chi connectivity index (χ1) is 13.2. The number of aromatic nitrogens is 4. The SMILES string of the molecule is CC(C)(C)OC12CC(c3nc(Cl)c4cnc(N[C@@H]5CCOC[C@H]5O)nn34)(C1)C2. The van der Waals surface area contributed by atoms with E-state index in [4.69, 9.17) is 21.1 Å². The van der Waals surface area contributed by atoms with Crippen molar-refractivity contribution in [3.63, 3.8) is 0 Å². The van der Waals surface area contributed by atoms with Crippen LogP contribution in [0, 0.1) is 0 Å². The van der Waals surface area contributed by atoms with Gasteiger partial charge in [-0.15, -0.1) is 5.10 Å². The maximum Gasteiger partial charge on any atom is 0.241 e. The summed E-state index contributed by atoms with van der Waals surface area (Å²) in [5.74, 6) is 1.34. The van der Waals surface area contributed by atoms with E-state index < -0.39 is 6.10 Å². The molecule has 8 nitrogen and oxygen atoms in total. The molecule has 4 aliphatic rings. The lowest BCUT2D eigenvalue weighted by Crippen LogP contribution is -2.72. The summed E-state index contributed by atoms with van der Waals surface area (Å²) < 4.78 is 13.4. The number of ether oxygens (including phenoxy) is 2. The molecule has 3 saturated carbocycles. The molecule has 2 aromatic rings. The average molecular weight is 408 g/mol. The molecule has 28 heavy (non-hydrogen) atoms. The Kier molecular flexibility index (Phi) is 3.98. The van der Waals surface area contributed by atoms with E-state index in [1.54, 1.807) is 6.20 Å². The van der Waals surface area contributed by atoms with Crippen LogP contribution in [0.4, 0.5) is 5.95 Å². The summed E-state index contributed by atoms with van der Waals surface area (Å²) in [6.45, 7) is 7.21. The van der Waals surface area contributed by atoms with E-state index in [1.807, 2.05) is 4.52 Å². The van der Waals surface area contributed by atoms with Crippen molar-refractivity contribution in [3.05, 3.63) is 17.2 Å². The number of hydrogen-bond acceptors (Lipinski definition) is 7. The number of nitrogens with one attached hydrogen (secondary N) is 1. The Hall–Kier alpha value is -1.48. The van der Waals surface area contributed by atoms with Crippen LogP contribution in [-0.2, 0) is 14.9 Å². The molecule has 0 amide bonds. The van der Waals surface area contributed by atoms with Gasteiger partial charge in [0.2, 0.25) is 5.95 Å². The molecule has 0 spiro atoms. The van der Waals surface area contributed by atoms with Crippen molar-refractivity contribution < 1.29 is 14.6 Å². The number of aliphatic hydroxyl groups excluding tert-OH is 1. The van der Waals surface area contributed by atoms with Gasteiger partial charge >= 0.3 is 0 Å². The predicted molar refractivity (Wildman–Crippen MR) is 104 cm³/mol. The second kappa shape index (κ2) is 6.01. The van der Waals surface area contributed by atoms with Crippen molar-refractivity contribution in [2.75, 3.05) is 18.5 Å². The van der Waals surface area contributed by atoms with Crippen molar-refractivity contribution in [3.8, 4) is 0 Å². The third-order valence-corrected chi connectivity index (χ3v) is 6.25. The predicted octanol–water partition coefficient (Wildman–Crippen LogP) is 2.33. The molecular weight excluding hydrogens is 382 g/mol. The van der Waals surface area contributed by atoms with E-state index in [-0.39, 0.29) is 22.7 Å². The fourth-order valence-corrected chi connectivity index (χ4v) is 5.22. The monoisotopic (exact) mass is 407 g/mol. The van der Waals surface area contributed by atoms with Gasteiger partial charge in [0, 0.05) is 12.0 Å². The van der Waals surface area contributed by atoms with Crippen LogP contribution in [0.1, 0.15) is 52.3 Å². The Bertz CT molecular complexity index is 904. The van der Waals surface area contributed by atoms with E-state index in [0.717, 1.165) is 25.1 Å². The molecule has 9 heteroatoms. The second-order valence-electron chi connectivity index (χ2n) is 9.49. The van der Waals surface area contributed by atoms with Gasteiger partial charge in [-0.05, 0) is 46.5 Å². The van der Waals surface area contributed by atoms with Crippen LogP contribution in [0.2, 0.25) is 5.15 Å². The third-order valence-electron chi connectivity index (χ3n) is 5.97. The molecule has 6 rings (SSSR count). The van der Waals surface area contributed by atoms with Gasteiger partial charge in [-0.2, -0.15) is 0 Å². The van der Waals surface area contributed by atoms with E-state index in [2.05, 4.69) is 41.2 Å². The van der Waals surface area contributed by atoms with Crippen LogP contribution in [0.15, 0.2) is 6.20 Å². The van der Waals surface area contributed by atoms with Crippen molar-refractivity contribution in [1.29, 1.82) is 0 Å². The van der Waals surface area contributed by atoms with Gasteiger partial charge in [0.1, 0.15) is 11.3 Å². The number of hydrogen-bond donors (Lipinski definition) is 2. The summed E-state index contributed by atoms with van der Waals surface area (Å²) in [6.07, 6.45) is 4.64. The van der Waals surface area contributed by atoms with Gasteiger partial charge in [0.05, 0.1) is 36.2 Å². The highest BCUT2D eigenvalue weighted by Gasteiger charge is 2.72. The van der Waals surface area contributed by atoms with Crippen molar-refractivity contribution in [2.24, 2.45) is 0 Å². The number of imidazole rings is 1. The molecule has 2 aromatic heterocycles. The van der Waals surface area contributed by atoms with Crippen LogP contribution in [0.3, 0.4) is 0 Å². The summed E-state index contributed by atoms with van der Waals surface area (Å²) in [5, 5.41) is 18.4. The van der Waals surface area contributed by atoms with Crippen LogP contribution < -0.4 is 5.32 Å². The lowest BCUT2D eigenvalue weighted by atomic mass is 9.40. The standard InChI is InChI=1S/C19H26ClN5O3/c1-17(2,3)28-19-8-18(9-19,10-19)15-23-14(20)12-6-21-16(24-25(12)15)22-11-4-5-27-7-13(11)26/h6,11,13,26H,4-5,7-10H2,1-3H3,(H,22,24)/t11-,13-,18?,19?/m1/s1. The average Bonchev–Trinajstić information content (AvgIpc) is 2.87. The minimum absolute atomic E-state index is 0.0227. The summed E-state index contributed by atoms with van der Waals surface area (Å²) in [4.78, 5) is 8.99. The van der Waals surface area contributed by atoms with Crippen molar-refractivity contribution in [2.45, 2.75) is 75.2 Å². The van der Waals surface area contributed by atoms with Gasteiger partial charge in [0.15, 0.2) is 5.15 Å². The summed E-state index contributed by atoms with van der Waals surface area (Å²) >= 11 is 6.37. The highest BCUT2D eigenvalue weighted by atomic mass is 35.5. The van der Waals surface area contributed by atoms with Gasteiger partial charge in [-0.1, -0.05) is 11.6 Å². The Morgan fingerprint density at radius 2 is 2.11 bits per heavy atom. The largest absolute Gasteiger partial charge is 0.389 e. The van der Waals surface area contributed by atoms with Gasteiger partial charge in [0.25, 0.3) is 0 Å². The van der Waals surface area contributed by atoms with Crippen LogP contribution in [0.5, 0.6) is 0 Å². The number of anilines is 1. The molecule has 3 heterocycles. The molecule has 0 radical (unpaired) electrons. The molecule has 1 saturated heterocycles. The van der Waals surface area contributed by atoms with Gasteiger partial charge in [-0.25, -0.2) is 14.5 Å². The highest BCUT2D eigenvalue weighted by Crippen LogP contribution is 2.70. The van der Waals surface area contributed by atoms with Crippen molar-refractivity contribution in [1.82, 2.24) is 19.6 Å². The Morgan fingerprint density at radius 1 is 1.36 bits per heavy atom. The zero-order valence-electron chi connectivity index (χ0n) is 16.4. The maximum atomic E-state index is 10.1. The van der Waals surface area contributed by atoms with Crippen LogP contribution >= 0.6 is 11.6 Å². The first-order valence-corrected chi connectivity index (χ1v) is 10.2. The zero-order chi connectivity index (χ0) is 19.7. The second-order valence-corrected chi connectivity index (χ2v) is 9.85. The Balaban J connectivity index is 1.40. The maximum absolute atomic E-state index is 10.1. The minimum atomic E-state index is -0.578. The quantitative estimate of drug-likeness (QED) is 0.803. The first-order valence-electron chi connectivity index (χ1n) is 9.83. The van der Waals surface area contributed by atoms with Crippen molar-refractivity contribution >= 4 is 23.1 Å². The van der Waals surface area contributed by atoms with E-state index in [0.29, 0.717) is 36.3 Å². The number of aliphatic hydroxyl groups is 1. The molecule has 1 aliphatic heterocycles. The zero-order valence-corrected chi connectivity index (χ0v) is 17.2. The Labute approximate surface area is 168 Å². The lowest BCUT2D eigenvalue weighted by molar-refractivity contribution is -0.287. The van der Waals surface area contributed by atoms with Gasteiger partial charge in [-0.3, -0.25) is 0 Å². The molecule has 152 valence electrons. The van der Waals surface area contributed by atoms with E-state index in [9.17, 15) is 5.11 Å². The first kappa shape index (κ1) is 18.5. The summed E-state index contributed by atoms with van der Waals surface area (Å²) in [7, 11) is 0. The molecule has 0 aromatic carbocycles. The topological polar surface area (TPSA) is 93.8 Å². The Morgan fingerprint density at radius 3 is 2.79 bits per heavy atom. The summed E-state index contributed by atoms with van der Waals surface area (Å²) in [5.41, 5.74) is 0.496. The smallest absolute Gasteiger partial charge is 0.241 e. The molecular formula is C19H26ClN5O3. The number of nitrogens with zero attached hydrogens (tertiary/aromatic N) is 4. The fourth-order valence-electron chi connectivity index (χ4n) is 5.01. The van der Waals surface area contributed by atoms with Gasteiger partial charge < -0.3 is 19.9 Å². The number of halogens is 1. The van der Waals surface area contributed by atoms with E-state index in [1.165, 1.54) is 0 Å². The lowest BCUT2D eigenvalue weighted by Gasteiger charge is -2.70. The van der Waals surface area contributed by atoms with Crippen LogP contribution in [-0.4, -0.2) is 61.3 Å². The van der Waals surface area contributed by atoms with Crippen LogP contribution in [0.25, 0.3) is 5.52 Å². The molecule has 2 bridgehead atoms. The third kappa shape index (κ3) is 2.89. The molecule has 2 atom stereocenters. The molecule has 2 N–H and O–H groups in total. The minimum Gasteiger partial charge on any atom is -0.389 e. The highest BCUT2D eigenvalue weighted by molar-refractivity contribution is 6.32. The number of rotatable bonds is 4. The normalized spacial score (nSPS) is 34.8. The molecule has 4 fully saturated rings. The molecule has 0 unspecified atom stereocenters. The number of fused-ring (bicyclic) bond motifs is 1.